The monoisotopic (exact) mass is 366 g/mol. The van der Waals surface area contributed by atoms with Crippen molar-refractivity contribution in [3.05, 3.63) is 39.5 Å². The Morgan fingerprint density at radius 3 is 2.62 bits per heavy atom. The number of aromatic hydroxyl groups is 1. The van der Waals surface area contributed by atoms with Gasteiger partial charge >= 0.3 is 0 Å². The van der Waals surface area contributed by atoms with Gasteiger partial charge in [-0.15, -0.1) is 11.3 Å². The van der Waals surface area contributed by atoms with Crippen molar-refractivity contribution in [1.82, 2.24) is 14.5 Å². The summed E-state index contributed by atoms with van der Waals surface area (Å²) in [7, 11) is 0. The molecule has 26 heavy (non-hydrogen) atoms. The van der Waals surface area contributed by atoms with Gasteiger partial charge in [0.1, 0.15) is 11.6 Å². The number of benzene rings is 1. The molecular weight excluding hydrogens is 348 g/mol. The maximum Gasteiger partial charge on any atom is 0.172 e. The van der Waals surface area contributed by atoms with Crippen molar-refractivity contribution in [2.24, 2.45) is 0 Å². The molecule has 0 unspecified atom stereocenters. The molecule has 6 nitrogen and oxygen atoms in total. The SMILES string of the molecule is Cc1nc2nc(C)c3c(C=O)c(N)n(-c4c(C)ccc(O)c4C)c3c2s1. The molecular formula is C19H18N4O2S. The number of phenolic OH excluding ortho intramolecular Hbond substituents is 1. The van der Waals surface area contributed by atoms with E-state index < -0.39 is 0 Å². The van der Waals surface area contributed by atoms with E-state index >= 15 is 0 Å². The van der Waals surface area contributed by atoms with Gasteiger partial charge in [-0.25, -0.2) is 9.97 Å². The number of carbonyl (C=O) groups is 1. The van der Waals surface area contributed by atoms with Crippen molar-refractivity contribution in [3.8, 4) is 11.4 Å². The third-order valence-corrected chi connectivity index (χ3v) is 5.73. The Balaban J connectivity index is 2.33. The number of nitrogen functional groups attached to an aromatic ring is 1. The van der Waals surface area contributed by atoms with Crippen LogP contribution in [0.3, 0.4) is 0 Å². The fourth-order valence-corrected chi connectivity index (χ4v) is 4.47. The second kappa shape index (κ2) is 5.54. The standard InChI is InChI=1S/C19H18N4O2S/c1-8-5-6-13(25)9(2)15(8)23-16-14(12(7-24)18(23)20)10(3)21-19-17(16)26-11(4)22-19/h5-7,25H,20H2,1-4H3. The first-order chi connectivity index (χ1) is 12.3. The number of thiazole rings is 1. The number of hydrogen-bond donors (Lipinski definition) is 2. The van der Waals surface area contributed by atoms with Crippen molar-refractivity contribution in [2.75, 3.05) is 5.73 Å². The third-order valence-electron chi connectivity index (χ3n) is 4.76. The van der Waals surface area contributed by atoms with Crippen LogP contribution in [0.25, 0.3) is 26.9 Å². The number of pyridine rings is 1. The highest BCUT2D eigenvalue weighted by Crippen LogP contribution is 2.40. The lowest BCUT2D eigenvalue weighted by Gasteiger charge is -2.16. The lowest BCUT2D eigenvalue weighted by atomic mass is 10.1. The molecule has 0 fully saturated rings. The molecule has 0 amide bonds. The number of anilines is 1. The summed E-state index contributed by atoms with van der Waals surface area (Å²) in [5.74, 6) is 0.525. The van der Waals surface area contributed by atoms with Gasteiger partial charge in [0.05, 0.1) is 32.2 Å². The number of aryl methyl sites for hydroxylation is 3. The van der Waals surface area contributed by atoms with Crippen LogP contribution in [-0.4, -0.2) is 25.9 Å². The van der Waals surface area contributed by atoms with Crippen LogP contribution in [-0.2, 0) is 0 Å². The number of nitrogens with zero attached hydrogens (tertiary/aromatic N) is 3. The molecule has 0 saturated heterocycles. The average molecular weight is 366 g/mol. The quantitative estimate of drug-likeness (QED) is 0.524. The minimum absolute atomic E-state index is 0.182. The highest BCUT2D eigenvalue weighted by atomic mass is 32.1. The van der Waals surface area contributed by atoms with Crippen LogP contribution in [0.15, 0.2) is 12.1 Å². The first kappa shape index (κ1) is 16.5. The van der Waals surface area contributed by atoms with Gasteiger partial charge in [-0.3, -0.25) is 9.36 Å². The molecule has 3 heterocycles. The number of nitrogens with two attached hydrogens (primary N) is 1. The first-order valence-electron chi connectivity index (χ1n) is 8.17. The maximum atomic E-state index is 11.8. The van der Waals surface area contributed by atoms with E-state index in [1.54, 1.807) is 6.07 Å². The molecule has 0 aliphatic carbocycles. The van der Waals surface area contributed by atoms with Gasteiger partial charge in [0.15, 0.2) is 11.9 Å². The molecule has 3 N–H and O–H groups in total. The number of aldehydes is 1. The Hall–Kier alpha value is -2.93. The molecule has 0 aliphatic rings. The van der Waals surface area contributed by atoms with Gasteiger partial charge in [0, 0.05) is 10.9 Å². The lowest BCUT2D eigenvalue weighted by Crippen LogP contribution is -2.05. The number of fused-ring (bicyclic) bond motifs is 3. The largest absolute Gasteiger partial charge is 0.508 e. The number of carbonyl (C=O) groups excluding carboxylic acids is 1. The number of hydrogen-bond acceptors (Lipinski definition) is 6. The molecule has 0 spiro atoms. The van der Waals surface area contributed by atoms with E-state index in [1.165, 1.54) is 11.3 Å². The van der Waals surface area contributed by atoms with Gasteiger partial charge in [-0.05, 0) is 39.3 Å². The minimum Gasteiger partial charge on any atom is -0.508 e. The molecule has 0 aliphatic heterocycles. The normalized spacial score (nSPS) is 11.5. The third kappa shape index (κ3) is 2.07. The van der Waals surface area contributed by atoms with Gasteiger partial charge in [0.2, 0.25) is 0 Å². The molecule has 0 radical (unpaired) electrons. The van der Waals surface area contributed by atoms with Crippen LogP contribution >= 0.6 is 11.3 Å². The topological polar surface area (TPSA) is 94.0 Å². The Labute approximate surface area is 153 Å². The van der Waals surface area contributed by atoms with Crippen molar-refractivity contribution in [3.63, 3.8) is 0 Å². The van der Waals surface area contributed by atoms with Gasteiger partial charge < -0.3 is 10.8 Å². The van der Waals surface area contributed by atoms with Gasteiger partial charge in [-0.1, -0.05) is 6.07 Å². The number of aromatic nitrogens is 3. The molecule has 132 valence electrons. The van der Waals surface area contributed by atoms with Crippen LogP contribution in [0.1, 0.15) is 32.2 Å². The molecule has 1 aromatic carbocycles. The molecule has 0 atom stereocenters. The summed E-state index contributed by atoms with van der Waals surface area (Å²) >= 11 is 1.52. The molecule has 3 aromatic heterocycles. The summed E-state index contributed by atoms with van der Waals surface area (Å²) in [6.07, 6.45) is 0.774. The second-order valence-electron chi connectivity index (χ2n) is 6.43. The Morgan fingerprint density at radius 2 is 1.92 bits per heavy atom. The van der Waals surface area contributed by atoms with Crippen LogP contribution in [0.5, 0.6) is 5.75 Å². The highest BCUT2D eigenvalue weighted by molar-refractivity contribution is 7.19. The van der Waals surface area contributed by atoms with E-state index in [4.69, 9.17) is 5.73 Å². The fraction of sp³-hybridized carbons (Fsp3) is 0.211. The van der Waals surface area contributed by atoms with Crippen molar-refractivity contribution in [2.45, 2.75) is 27.7 Å². The van der Waals surface area contributed by atoms with Gasteiger partial charge in [0.25, 0.3) is 0 Å². The first-order valence-corrected chi connectivity index (χ1v) is 8.99. The summed E-state index contributed by atoms with van der Waals surface area (Å²) in [5.41, 5.74) is 11.4. The van der Waals surface area contributed by atoms with Crippen LogP contribution < -0.4 is 5.73 Å². The van der Waals surface area contributed by atoms with Crippen LogP contribution in [0.4, 0.5) is 5.82 Å². The van der Waals surface area contributed by atoms with Crippen molar-refractivity contribution >= 4 is 44.7 Å². The summed E-state index contributed by atoms with van der Waals surface area (Å²) < 4.78 is 2.74. The Kier molecular flexibility index (Phi) is 3.52. The smallest absolute Gasteiger partial charge is 0.172 e. The molecule has 0 saturated carbocycles. The maximum absolute atomic E-state index is 11.8. The predicted octanol–water partition coefficient (Wildman–Crippen LogP) is 3.97. The van der Waals surface area contributed by atoms with E-state index in [9.17, 15) is 9.90 Å². The zero-order valence-corrected chi connectivity index (χ0v) is 15.7. The zero-order chi connectivity index (χ0) is 18.7. The van der Waals surface area contributed by atoms with E-state index in [1.807, 2.05) is 38.3 Å². The fourth-order valence-electron chi connectivity index (χ4n) is 3.57. The van der Waals surface area contributed by atoms with E-state index in [-0.39, 0.29) is 5.75 Å². The summed E-state index contributed by atoms with van der Waals surface area (Å²) in [6, 6.07) is 3.50. The van der Waals surface area contributed by atoms with Crippen molar-refractivity contribution in [1.29, 1.82) is 0 Å². The molecule has 4 aromatic rings. The molecule has 7 heteroatoms. The average Bonchev–Trinajstić information content (AvgIpc) is 3.09. The highest BCUT2D eigenvalue weighted by Gasteiger charge is 2.24. The summed E-state index contributed by atoms with van der Waals surface area (Å²) in [6.45, 7) is 7.58. The second-order valence-corrected chi connectivity index (χ2v) is 7.64. The zero-order valence-electron chi connectivity index (χ0n) is 14.9. The van der Waals surface area contributed by atoms with Crippen LogP contribution in [0, 0.1) is 27.7 Å². The summed E-state index contributed by atoms with van der Waals surface area (Å²) in [4.78, 5) is 20.9. The molecule has 4 rings (SSSR count). The van der Waals surface area contributed by atoms with Crippen LogP contribution in [0.2, 0.25) is 0 Å². The lowest BCUT2D eigenvalue weighted by molar-refractivity contribution is 0.112. The minimum atomic E-state index is 0.182. The van der Waals surface area contributed by atoms with E-state index in [0.29, 0.717) is 28.3 Å². The van der Waals surface area contributed by atoms with E-state index in [0.717, 1.165) is 38.1 Å². The predicted molar refractivity (Wildman–Crippen MR) is 105 cm³/mol. The number of phenols is 1. The van der Waals surface area contributed by atoms with E-state index in [2.05, 4.69) is 9.97 Å². The summed E-state index contributed by atoms with van der Waals surface area (Å²) in [5, 5.41) is 11.9. The van der Waals surface area contributed by atoms with Crippen molar-refractivity contribution < 1.29 is 9.90 Å². The molecule has 0 bridgehead atoms. The number of rotatable bonds is 2. The Bertz CT molecular complexity index is 1220. The van der Waals surface area contributed by atoms with Gasteiger partial charge in [-0.2, -0.15) is 0 Å². The Morgan fingerprint density at radius 1 is 1.19 bits per heavy atom.